The van der Waals surface area contributed by atoms with Gasteiger partial charge >= 0.3 is 0 Å². The monoisotopic (exact) mass is 247 g/mol. The Hall–Kier alpha value is -0.860. The highest BCUT2D eigenvalue weighted by atomic mass is 16.5. The SMILES string of the molecule is COC1(CNC(C)CCc2ccccc2)CCC1. The molecule has 1 N–H and O–H groups in total. The number of rotatable bonds is 7. The summed E-state index contributed by atoms with van der Waals surface area (Å²) in [6, 6.07) is 11.3. The summed E-state index contributed by atoms with van der Waals surface area (Å²) in [6.45, 7) is 3.27. The second kappa shape index (κ2) is 6.35. The van der Waals surface area contributed by atoms with E-state index in [9.17, 15) is 0 Å². The maximum Gasteiger partial charge on any atom is 0.0802 e. The van der Waals surface area contributed by atoms with E-state index >= 15 is 0 Å². The number of hydrogen-bond acceptors (Lipinski definition) is 2. The van der Waals surface area contributed by atoms with Crippen LogP contribution in [0.5, 0.6) is 0 Å². The fourth-order valence-electron chi connectivity index (χ4n) is 2.51. The lowest BCUT2D eigenvalue weighted by Crippen LogP contribution is -2.49. The van der Waals surface area contributed by atoms with Crippen molar-refractivity contribution in [3.05, 3.63) is 35.9 Å². The normalized spacial score (nSPS) is 19.2. The van der Waals surface area contributed by atoms with E-state index in [1.54, 1.807) is 0 Å². The fraction of sp³-hybridized carbons (Fsp3) is 0.625. The molecule has 0 aromatic heterocycles. The zero-order valence-electron chi connectivity index (χ0n) is 11.6. The number of benzene rings is 1. The van der Waals surface area contributed by atoms with Crippen molar-refractivity contribution in [1.29, 1.82) is 0 Å². The molecule has 2 heteroatoms. The molecular weight excluding hydrogens is 222 g/mol. The molecule has 0 spiro atoms. The number of methoxy groups -OCH3 is 1. The number of aryl methyl sites for hydroxylation is 1. The Morgan fingerprint density at radius 2 is 2.00 bits per heavy atom. The molecule has 2 nitrogen and oxygen atoms in total. The summed E-state index contributed by atoms with van der Waals surface area (Å²) >= 11 is 0. The Morgan fingerprint density at radius 1 is 1.28 bits per heavy atom. The van der Waals surface area contributed by atoms with Crippen LogP contribution in [0.4, 0.5) is 0 Å². The zero-order chi connectivity index (χ0) is 12.8. The molecule has 0 heterocycles. The van der Waals surface area contributed by atoms with Crippen molar-refractivity contribution < 1.29 is 4.74 Å². The predicted molar refractivity (Wildman–Crippen MR) is 75.8 cm³/mol. The molecule has 100 valence electrons. The van der Waals surface area contributed by atoms with E-state index in [-0.39, 0.29) is 5.60 Å². The van der Waals surface area contributed by atoms with Crippen LogP contribution in [0.15, 0.2) is 30.3 Å². The largest absolute Gasteiger partial charge is 0.377 e. The molecule has 0 radical (unpaired) electrons. The Morgan fingerprint density at radius 3 is 2.56 bits per heavy atom. The van der Waals surface area contributed by atoms with E-state index in [1.807, 2.05) is 7.11 Å². The van der Waals surface area contributed by atoms with Gasteiger partial charge in [0, 0.05) is 19.7 Å². The Kier molecular flexibility index (Phi) is 4.79. The van der Waals surface area contributed by atoms with Crippen LogP contribution in [0.1, 0.15) is 38.2 Å². The number of ether oxygens (including phenoxy) is 1. The van der Waals surface area contributed by atoms with Gasteiger partial charge in [-0.2, -0.15) is 0 Å². The van der Waals surface area contributed by atoms with Crippen LogP contribution in [0.2, 0.25) is 0 Å². The predicted octanol–water partition coefficient (Wildman–Crippen LogP) is 3.17. The molecule has 0 aliphatic heterocycles. The molecule has 2 rings (SSSR count). The van der Waals surface area contributed by atoms with E-state index in [0.29, 0.717) is 6.04 Å². The minimum Gasteiger partial charge on any atom is -0.377 e. The molecule has 1 aliphatic carbocycles. The summed E-state index contributed by atoms with van der Waals surface area (Å²) in [5, 5.41) is 3.62. The number of hydrogen-bond donors (Lipinski definition) is 1. The van der Waals surface area contributed by atoms with E-state index in [1.165, 1.54) is 31.2 Å². The molecule has 1 aromatic carbocycles. The van der Waals surface area contributed by atoms with Crippen molar-refractivity contribution in [1.82, 2.24) is 5.32 Å². The second-order valence-corrected chi connectivity index (χ2v) is 5.55. The van der Waals surface area contributed by atoms with Crippen LogP contribution in [-0.4, -0.2) is 25.3 Å². The van der Waals surface area contributed by atoms with Gasteiger partial charge in [0.25, 0.3) is 0 Å². The molecule has 1 saturated carbocycles. The summed E-state index contributed by atoms with van der Waals surface area (Å²) < 4.78 is 5.62. The Balaban J connectivity index is 1.67. The van der Waals surface area contributed by atoms with Gasteiger partial charge < -0.3 is 10.1 Å². The van der Waals surface area contributed by atoms with Gasteiger partial charge in [-0.15, -0.1) is 0 Å². The smallest absolute Gasteiger partial charge is 0.0802 e. The molecule has 1 unspecified atom stereocenters. The third-order valence-electron chi connectivity index (χ3n) is 4.18. The first-order chi connectivity index (χ1) is 8.74. The van der Waals surface area contributed by atoms with Crippen LogP contribution in [-0.2, 0) is 11.2 Å². The molecule has 1 atom stereocenters. The third kappa shape index (κ3) is 3.56. The minimum absolute atomic E-state index is 0.140. The van der Waals surface area contributed by atoms with Gasteiger partial charge in [-0.25, -0.2) is 0 Å². The lowest BCUT2D eigenvalue weighted by molar-refractivity contribution is -0.0706. The third-order valence-corrected chi connectivity index (χ3v) is 4.18. The molecule has 1 fully saturated rings. The lowest BCUT2D eigenvalue weighted by atomic mass is 9.80. The average molecular weight is 247 g/mol. The second-order valence-electron chi connectivity index (χ2n) is 5.55. The first-order valence-corrected chi connectivity index (χ1v) is 7.07. The van der Waals surface area contributed by atoms with Crippen LogP contribution in [0.3, 0.4) is 0 Å². The molecule has 0 amide bonds. The first-order valence-electron chi connectivity index (χ1n) is 7.07. The van der Waals surface area contributed by atoms with Gasteiger partial charge in [-0.3, -0.25) is 0 Å². The summed E-state index contributed by atoms with van der Waals surface area (Å²) in [5.41, 5.74) is 1.57. The summed E-state index contributed by atoms with van der Waals surface area (Å²) in [4.78, 5) is 0. The molecule has 1 aliphatic rings. The van der Waals surface area contributed by atoms with Gasteiger partial charge in [0.2, 0.25) is 0 Å². The maximum absolute atomic E-state index is 5.62. The van der Waals surface area contributed by atoms with E-state index in [2.05, 4.69) is 42.6 Å². The van der Waals surface area contributed by atoms with Crippen molar-refractivity contribution in [3.8, 4) is 0 Å². The Labute approximate surface area is 111 Å². The molecule has 0 saturated heterocycles. The minimum atomic E-state index is 0.140. The zero-order valence-corrected chi connectivity index (χ0v) is 11.6. The quantitative estimate of drug-likeness (QED) is 0.799. The maximum atomic E-state index is 5.62. The van der Waals surface area contributed by atoms with Crippen molar-refractivity contribution >= 4 is 0 Å². The van der Waals surface area contributed by atoms with Gasteiger partial charge in [-0.1, -0.05) is 30.3 Å². The van der Waals surface area contributed by atoms with Crippen LogP contribution >= 0.6 is 0 Å². The van der Waals surface area contributed by atoms with Crippen molar-refractivity contribution in [2.45, 2.75) is 50.7 Å². The molecule has 1 aromatic rings. The average Bonchev–Trinajstić information content (AvgIpc) is 2.37. The van der Waals surface area contributed by atoms with Gasteiger partial charge in [-0.05, 0) is 44.6 Å². The van der Waals surface area contributed by atoms with Crippen LogP contribution in [0, 0.1) is 0 Å². The van der Waals surface area contributed by atoms with E-state index in [4.69, 9.17) is 4.74 Å². The molecule has 0 bridgehead atoms. The standard InChI is InChI=1S/C16H25NO/c1-14(9-10-15-7-4-3-5-8-15)17-13-16(18-2)11-6-12-16/h3-5,7-8,14,17H,6,9-13H2,1-2H3. The highest BCUT2D eigenvalue weighted by molar-refractivity contribution is 5.14. The van der Waals surface area contributed by atoms with Gasteiger partial charge in [0.05, 0.1) is 5.60 Å². The van der Waals surface area contributed by atoms with Crippen molar-refractivity contribution in [2.24, 2.45) is 0 Å². The van der Waals surface area contributed by atoms with Crippen LogP contribution < -0.4 is 5.32 Å². The topological polar surface area (TPSA) is 21.3 Å². The number of nitrogens with one attached hydrogen (secondary N) is 1. The summed E-state index contributed by atoms with van der Waals surface area (Å²) in [5.74, 6) is 0. The van der Waals surface area contributed by atoms with E-state index in [0.717, 1.165) is 13.0 Å². The van der Waals surface area contributed by atoms with Gasteiger partial charge in [0.15, 0.2) is 0 Å². The van der Waals surface area contributed by atoms with Crippen LogP contribution in [0.25, 0.3) is 0 Å². The van der Waals surface area contributed by atoms with Crippen molar-refractivity contribution in [3.63, 3.8) is 0 Å². The van der Waals surface area contributed by atoms with E-state index < -0.39 is 0 Å². The highest BCUT2D eigenvalue weighted by Crippen LogP contribution is 2.34. The highest BCUT2D eigenvalue weighted by Gasteiger charge is 2.36. The fourth-order valence-corrected chi connectivity index (χ4v) is 2.51. The summed E-state index contributed by atoms with van der Waals surface area (Å²) in [7, 11) is 1.84. The Bertz CT molecular complexity index is 340. The molecule has 18 heavy (non-hydrogen) atoms. The van der Waals surface area contributed by atoms with Gasteiger partial charge in [0.1, 0.15) is 0 Å². The first kappa shape index (κ1) is 13.6. The lowest BCUT2D eigenvalue weighted by Gasteiger charge is -2.41. The van der Waals surface area contributed by atoms with Crippen molar-refractivity contribution in [2.75, 3.05) is 13.7 Å². The molecular formula is C16H25NO. The summed E-state index contributed by atoms with van der Waals surface area (Å²) in [6.07, 6.45) is 6.07.